The molecular formula is C24H19Cl2NS. The first kappa shape index (κ1) is 18.1. The molecule has 2 aromatic carbocycles. The summed E-state index contributed by atoms with van der Waals surface area (Å²) < 4.78 is 2.65. The van der Waals surface area contributed by atoms with Gasteiger partial charge in [-0.05, 0) is 55.7 Å². The third-order valence-corrected chi connectivity index (χ3v) is 7.12. The molecule has 0 bridgehead atoms. The van der Waals surface area contributed by atoms with Gasteiger partial charge in [0.25, 0.3) is 0 Å². The van der Waals surface area contributed by atoms with Crippen molar-refractivity contribution in [3.05, 3.63) is 88.6 Å². The molecule has 1 nitrogen and oxygen atoms in total. The Balaban J connectivity index is 1.62. The van der Waals surface area contributed by atoms with E-state index in [4.69, 9.17) is 23.2 Å². The van der Waals surface area contributed by atoms with Gasteiger partial charge in [0.2, 0.25) is 0 Å². The van der Waals surface area contributed by atoms with Gasteiger partial charge in [-0.2, -0.15) is 0 Å². The van der Waals surface area contributed by atoms with Crippen molar-refractivity contribution in [1.29, 1.82) is 0 Å². The maximum atomic E-state index is 6.22. The minimum absolute atomic E-state index is 0.255. The normalized spacial score (nSPS) is 19.5. The second kappa shape index (κ2) is 7.44. The molecule has 1 aromatic heterocycles. The molecule has 140 valence electrons. The van der Waals surface area contributed by atoms with Crippen molar-refractivity contribution in [2.24, 2.45) is 0 Å². The molecule has 1 unspecified atom stereocenters. The third kappa shape index (κ3) is 3.30. The lowest BCUT2D eigenvalue weighted by Gasteiger charge is -2.35. The monoisotopic (exact) mass is 423 g/mol. The summed E-state index contributed by atoms with van der Waals surface area (Å²) in [6, 6.07) is 15.7. The third-order valence-electron chi connectivity index (χ3n) is 5.39. The fraction of sp³-hybridized carbons (Fsp3) is 0.167. The van der Waals surface area contributed by atoms with Gasteiger partial charge >= 0.3 is 0 Å². The number of hydrogen-bond acceptors (Lipinski definition) is 2. The van der Waals surface area contributed by atoms with Crippen molar-refractivity contribution in [3.8, 4) is 0 Å². The molecule has 0 radical (unpaired) electrons. The Labute approximate surface area is 178 Å². The maximum absolute atomic E-state index is 6.22. The average Bonchev–Trinajstić information content (AvgIpc) is 3.09. The van der Waals surface area contributed by atoms with Crippen LogP contribution in [-0.2, 0) is 0 Å². The highest BCUT2D eigenvalue weighted by molar-refractivity contribution is 7.25. The quantitative estimate of drug-likeness (QED) is 0.410. The van der Waals surface area contributed by atoms with Gasteiger partial charge in [-0.15, -0.1) is 11.3 Å². The summed E-state index contributed by atoms with van der Waals surface area (Å²) in [4.78, 5) is 2.44. The van der Waals surface area contributed by atoms with Crippen molar-refractivity contribution in [1.82, 2.24) is 0 Å². The topological polar surface area (TPSA) is 3.24 Å². The molecule has 3 aromatic rings. The Bertz CT molecular complexity index is 1180. The van der Waals surface area contributed by atoms with Gasteiger partial charge < -0.3 is 4.90 Å². The van der Waals surface area contributed by atoms with Crippen LogP contribution in [0.2, 0.25) is 0 Å². The highest BCUT2D eigenvalue weighted by Gasteiger charge is 2.23. The number of hydrogen-bond donors (Lipinski definition) is 0. The van der Waals surface area contributed by atoms with E-state index in [1.54, 1.807) is 0 Å². The van der Waals surface area contributed by atoms with Gasteiger partial charge in [-0.1, -0.05) is 59.6 Å². The molecule has 0 saturated carbocycles. The van der Waals surface area contributed by atoms with E-state index in [2.05, 4.69) is 65.6 Å². The largest absolute Gasteiger partial charge is 0.338 e. The predicted octanol–water partition coefficient (Wildman–Crippen LogP) is 8.11. The van der Waals surface area contributed by atoms with Gasteiger partial charge in [-0.25, -0.2) is 0 Å². The van der Waals surface area contributed by atoms with Gasteiger partial charge in [0, 0.05) is 41.6 Å². The molecular weight excluding hydrogens is 405 g/mol. The molecule has 28 heavy (non-hydrogen) atoms. The highest BCUT2D eigenvalue weighted by atomic mass is 35.5. The Kier molecular flexibility index (Phi) is 4.80. The van der Waals surface area contributed by atoms with E-state index in [-0.39, 0.29) is 6.04 Å². The summed E-state index contributed by atoms with van der Waals surface area (Å²) in [5.41, 5.74) is 2.52. The van der Waals surface area contributed by atoms with Crippen molar-refractivity contribution >= 4 is 60.4 Å². The van der Waals surface area contributed by atoms with Crippen LogP contribution in [0, 0.1) is 0 Å². The Morgan fingerprint density at radius 1 is 0.929 bits per heavy atom. The van der Waals surface area contributed by atoms with Crippen LogP contribution >= 0.6 is 34.5 Å². The zero-order valence-electron chi connectivity index (χ0n) is 15.2. The van der Waals surface area contributed by atoms with Crippen molar-refractivity contribution in [2.45, 2.75) is 25.3 Å². The van der Waals surface area contributed by atoms with Crippen LogP contribution in [0.1, 0.15) is 19.3 Å². The minimum atomic E-state index is 0.255. The first-order valence-corrected chi connectivity index (χ1v) is 11.1. The Morgan fingerprint density at radius 3 is 2.57 bits per heavy atom. The Morgan fingerprint density at radius 2 is 1.79 bits per heavy atom. The van der Waals surface area contributed by atoms with Gasteiger partial charge in [0.15, 0.2) is 0 Å². The molecule has 4 heteroatoms. The zero-order chi connectivity index (χ0) is 19.1. The minimum Gasteiger partial charge on any atom is -0.338 e. The van der Waals surface area contributed by atoms with Crippen LogP contribution in [0.3, 0.4) is 0 Å². The lowest BCUT2D eigenvalue weighted by Crippen LogP contribution is -2.34. The van der Waals surface area contributed by atoms with Crippen molar-refractivity contribution < 1.29 is 0 Å². The molecule has 0 fully saturated rings. The second-order valence-electron chi connectivity index (χ2n) is 7.17. The number of thiophene rings is 1. The van der Waals surface area contributed by atoms with E-state index >= 15 is 0 Å². The summed E-state index contributed by atoms with van der Waals surface area (Å²) in [5, 5.41) is 4.40. The van der Waals surface area contributed by atoms with Gasteiger partial charge in [0.05, 0.1) is 6.04 Å². The van der Waals surface area contributed by atoms with Crippen LogP contribution in [0.4, 0.5) is 5.69 Å². The summed E-state index contributed by atoms with van der Waals surface area (Å²) >= 11 is 14.3. The lowest BCUT2D eigenvalue weighted by atomic mass is 10.0. The highest BCUT2D eigenvalue weighted by Crippen LogP contribution is 2.39. The second-order valence-corrected chi connectivity index (χ2v) is 9.18. The number of anilines is 1. The lowest BCUT2D eigenvalue weighted by molar-refractivity contribution is 0.718. The van der Waals surface area contributed by atoms with E-state index < -0.39 is 0 Å². The molecule has 2 aliphatic carbocycles. The molecule has 2 aliphatic rings. The summed E-state index contributed by atoms with van der Waals surface area (Å²) in [7, 11) is 0. The van der Waals surface area contributed by atoms with Crippen LogP contribution in [-0.4, -0.2) is 6.04 Å². The first-order chi connectivity index (χ1) is 13.7. The maximum Gasteiger partial charge on any atom is 0.0557 e. The van der Waals surface area contributed by atoms with Crippen molar-refractivity contribution in [2.75, 3.05) is 4.90 Å². The van der Waals surface area contributed by atoms with Gasteiger partial charge in [-0.3, -0.25) is 0 Å². The zero-order valence-corrected chi connectivity index (χ0v) is 17.6. The fourth-order valence-electron chi connectivity index (χ4n) is 4.01. The van der Waals surface area contributed by atoms with E-state index in [0.717, 1.165) is 29.3 Å². The molecule has 0 spiro atoms. The SMILES string of the molecule is ClC1=CCC(N(C2=CC=C(Cl)CC2)c2ccc3c(c2)sc2ccccc23)C=C1. The van der Waals surface area contributed by atoms with Crippen molar-refractivity contribution in [3.63, 3.8) is 0 Å². The number of nitrogens with zero attached hydrogens (tertiary/aromatic N) is 1. The Hall–Kier alpha value is -2.00. The molecule has 0 N–H and O–H groups in total. The van der Waals surface area contributed by atoms with E-state index in [9.17, 15) is 0 Å². The number of allylic oxidation sites excluding steroid dienone is 6. The summed E-state index contributed by atoms with van der Waals surface area (Å²) in [5.74, 6) is 0. The first-order valence-electron chi connectivity index (χ1n) is 9.49. The molecule has 1 atom stereocenters. The summed E-state index contributed by atoms with van der Waals surface area (Å²) in [6.07, 6.45) is 13.2. The van der Waals surface area contributed by atoms with Crippen LogP contribution in [0.15, 0.2) is 88.6 Å². The van der Waals surface area contributed by atoms with Crippen LogP contribution in [0.25, 0.3) is 20.2 Å². The molecule has 1 heterocycles. The van der Waals surface area contributed by atoms with E-state index in [1.165, 1.54) is 31.6 Å². The molecule has 0 aliphatic heterocycles. The number of fused-ring (bicyclic) bond motifs is 3. The standard InChI is InChI=1S/C24H19Cl2NS/c25-16-5-9-18(10-6-16)27(19-11-7-17(26)8-12-19)20-13-14-22-21-3-1-2-4-23(21)28-24(22)15-20/h1-7,9,11,13-15,18H,8,10,12H2. The smallest absolute Gasteiger partial charge is 0.0557 e. The molecule has 0 saturated heterocycles. The van der Waals surface area contributed by atoms with Gasteiger partial charge in [0.1, 0.15) is 0 Å². The van der Waals surface area contributed by atoms with Crippen LogP contribution < -0.4 is 4.90 Å². The number of rotatable bonds is 3. The average molecular weight is 424 g/mol. The van der Waals surface area contributed by atoms with Crippen LogP contribution in [0.5, 0.6) is 0 Å². The number of halogens is 2. The predicted molar refractivity (Wildman–Crippen MR) is 125 cm³/mol. The molecule has 0 amide bonds. The van der Waals surface area contributed by atoms with E-state index in [0.29, 0.717) is 0 Å². The number of benzene rings is 2. The summed E-state index contributed by atoms with van der Waals surface area (Å²) in [6.45, 7) is 0. The van der Waals surface area contributed by atoms with E-state index in [1.807, 2.05) is 23.5 Å². The fourth-order valence-corrected chi connectivity index (χ4v) is 5.47. The molecule has 5 rings (SSSR count).